The third kappa shape index (κ3) is 7.75. The summed E-state index contributed by atoms with van der Waals surface area (Å²) in [6.07, 6.45) is 2.32. The molecule has 1 N–H and O–H groups in total. The minimum absolute atomic E-state index is 0.0333. The smallest absolute Gasteiger partial charge is 0.303 e. The van der Waals surface area contributed by atoms with Crippen LogP contribution in [0.4, 0.5) is 22.0 Å². The van der Waals surface area contributed by atoms with Crippen LogP contribution in [0.5, 0.6) is 0 Å². The predicted octanol–water partition coefficient (Wildman–Crippen LogP) is 4.51. The van der Waals surface area contributed by atoms with Crippen molar-refractivity contribution in [2.45, 2.75) is 105 Å². The van der Waals surface area contributed by atoms with Gasteiger partial charge in [0, 0.05) is 58.2 Å². The highest BCUT2D eigenvalue weighted by atomic mass is 32.2. The summed E-state index contributed by atoms with van der Waals surface area (Å²) in [5.41, 5.74) is -1.54. The maximum absolute atomic E-state index is 14.7. The number of aromatic nitrogens is 3. The Morgan fingerprint density at radius 3 is 2.14 bits per heavy atom. The Balaban J connectivity index is 1.42. The molecule has 4 fully saturated rings. The Labute approximate surface area is 294 Å². The summed E-state index contributed by atoms with van der Waals surface area (Å²) < 4.78 is 89.2. The Bertz CT molecular complexity index is 1620. The van der Waals surface area contributed by atoms with Crippen LogP contribution in [0.15, 0.2) is 18.3 Å². The van der Waals surface area contributed by atoms with Crippen LogP contribution in [0, 0.1) is 22.9 Å². The number of nitrogens with zero attached hydrogens (tertiary/aromatic N) is 4. The van der Waals surface area contributed by atoms with Crippen molar-refractivity contribution < 1.29 is 55.7 Å². The highest BCUT2D eigenvalue weighted by molar-refractivity contribution is 8.18. The second-order valence-electron chi connectivity index (χ2n) is 14.4. The van der Waals surface area contributed by atoms with Crippen molar-refractivity contribution in [2.75, 3.05) is 32.6 Å². The number of halogens is 5. The molecule has 3 heterocycles. The summed E-state index contributed by atoms with van der Waals surface area (Å²) in [4.78, 5) is 41.0. The highest BCUT2D eigenvalue weighted by Gasteiger charge is 2.59. The van der Waals surface area contributed by atoms with Crippen molar-refractivity contribution in [3.63, 3.8) is 0 Å². The molecule has 0 radical (unpaired) electrons. The quantitative estimate of drug-likeness (QED) is 0.165. The number of methoxy groups -OCH3 is 1. The van der Waals surface area contributed by atoms with E-state index in [-0.39, 0.29) is 42.1 Å². The summed E-state index contributed by atoms with van der Waals surface area (Å²) in [5.74, 6) is -9.16. The summed E-state index contributed by atoms with van der Waals surface area (Å²) in [6, 6.07) is 0.545. The van der Waals surface area contributed by atoms with Crippen molar-refractivity contribution >= 4 is 28.7 Å². The number of esters is 2. The minimum atomic E-state index is -2.92. The van der Waals surface area contributed by atoms with Crippen LogP contribution in [0.25, 0.3) is 11.3 Å². The SMILES string of the molecule is CO[C@H]1C[SH](C(C(=O)N2CCC(F)(F)CC2)C2(O)CCC3(CC3)CC2)[C@H](COC(C)=O)[C@H](OC(C)=O)[C@H]1n1cc(-c2cc(F)c(F)c(F)c2)nn1. The zero-order valence-electron chi connectivity index (χ0n) is 28.6. The molecule has 2 saturated carbocycles. The van der Waals surface area contributed by atoms with E-state index in [1.54, 1.807) is 0 Å². The molecule has 6 atom stereocenters. The van der Waals surface area contributed by atoms with Crippen molar-refractivity contribution in [1.29, 1.82) is 0 Å². The number of carbonyl (C=O) groups excluding carboxylic acids is 3. The number of carbonyl (C=O) groups is 3. The molecule has 282 valence electrons. The number of benzene rings is 1. The summed E-state index contributed by atoms with van der Waals surface area (Å²) in [7, 11) is -0.388. The molecule has 2 aromatic rings. The van der Waals surface area contributed by atoms with E-state index in [1.807, 2.05) is 0 Å². The van der Waals surface area contributed by atoms with E-state index in [0.29, 0.717) is 25.7 Å². The first kappa shape index (κ1) is 37.4. The maximum atomic E-state index is 14.7. The van der Waals surface area contributed by atoms with Gasteiger partial charge < -0.3 is 24.2 Å². The molecule has 2 saturated heterocycles. The number of alkyl halides is 2. The van der Waals surface area contributed by atoms with Gasteiger partial charge in [0.1, 0.15) is 24.4 Å². The Morgan fingerprint density at radius 1 is 0.980 bits per heavy atom. The van der Waals surface area contributed by atoms with Crippen molar-refractivity contribution in [1.82, 2.24) is 19.9 Å². The molecule has 1 aromatic carbocycles. The number of ether oxygens (including phenoxy) is 3. The van der Waals surface area contributed by atoms with E-state index in [9.17, 15) is 41.4 Å². The van der Waals surface area contributed by atoms with E-state index in [2.05, 4.69) is 10.3 Å². The lowest BCUT2D eigenvalue weighted by atomic mass is 9.74. The molecule has 2 aliphatic carbocycles. The van der Waals surface area contributed by atoms with E-state index >= 15 is 0 Å². The summed E-state index contributed by atoms with van der Waals surface area (Å²) in [6.45, 7) is 1.66. The van der Waals surface area contributed by atoms with Gasteiger partial charge in [-0.25, -0.2) is 37.5 Å². The average molecular weight is 747 g/mol. The van der Waals surface area contributed by atoms with Gasteiger partial charge in [0.05, 0.1) is 28.4 Å². The van der Waals surface area contributed by atoms with Gasteiger partial charge in [-0.2, -0.15) is 0 Å². The highest BCUT2D eigenvalue weighted by Crippen LogP contribution is 2.62. The molecule has 4 aliphatic rings. The van der Waals surface area contributed by atoms with Gasteiger partial charge in [-0.05, 0) is 56.1 Å². The monoisotopic (exact) mass is 746 g/mol. The van der Waals surface area contributed by atoms with E-state index in [0.717, 1.165) is 25.0 Å². The largest absolute Gasteiger partial charge is 0.465 e. The van der Waals surface area contributed by atoms with E-state index in [4.69, 9.17) is 14.2 Å². The fraction of sp³-hybridized carbons (Fsp3) is 0.676. The first-order valence-electron chi connectivity index (χ1n) is 17.1. The molecule has 1 amide bonds. The third-order valence-electron chi connectivity index (χ3n) is 11.1. The van der Waals surface area contributed by atoms with Crippen molar-refractivity contribution in [3.8, 4) is 11.3 Å². The second-order valence-corrected chi connectivity index (χ2v) is 17.0. The van der Waals surface area contributed by atoms with Gasteiger partial charge in [0.15, 0.2) is 17.5 Å². The van der Waals surface area contributed by atoms with Crippen LogP contribution in [0.3, 0.4) is 0 Å². The number of thiol groups is 1. The molecular formula is C34H43F5N4O7S. The van der Waals surface area contributed by atoms with E-state index < -0.39 is 99.3 Å². The van der Waals surface area contributed by atoms with Gasteiger partial charge >= 0.3 is 11.9 Å². The lowest BCUT2D eigenvalue weighted by Crippen LogP contribution is -2.61. The number of hydrogen-bond acceptors (Lipinski definition) is 9. The van der Waals surface area contributed by atoms with Gasteiger partial charge in [-0.15, -0.1) is 5.10 Å². The first-order chi connectivity index (χ1) is 24.0. The second kappa shape index (κ2) is 14.3. The van der Waals surface area contributed by atoms with Gasteiger partial charge in [0.2, 0.25) is 5.91 Å². The first-order valence-corrected chi connectivity index (χ1v) is 18.8. The Kier molecular flexibility index (Phi) is 10.5. The molecule has 6 rings (SSSR count). The number of piperidine rings is 1. The van der Waals surface area contributed by atoms with Crippen LogP contribution >= 0.6 is 10.9 Å². The molecule has 2 unspecified atom stereocenters. The van der Waals surface area contributed by atoms with Gasteiger partial charge in [-0.3, -0.25) is 14.4 Å². The van der Waals surface area contributed by atoms with Crippen LogP contribution in [-0.4, -0.2) is 110 Å². The molecule has 17 heteroatoms. The molecule has 0 bridgehead atoms. The number of likely N-dealkylation sites (tertiary alicyclic amines) is 1. The summed E-state index contributed by atoms with van der Waals surface area (Å²) >= 11 is 0. The predicted molar refractivity (Wildman–Crippen MR) is 175 cm³/mol. The number of aliphatic hydroxyl groups is 1. The Hall–Kier alpha value is -3.31. The average Bonchev–Trinajstić information content (AvgIpc) is 3.66. The summed E-state index contributed by atoms with van der Waals surface area (Å²) in [5, 5.41) is 18.7. The zero-order chi connectivity index (χ0) is 36.9. The fourth-order valence-electron chi connectivity index (χ4n) is 7.97. The zero-order valence-corrected chi connectivity index (χ0v) is 29.5. The Morgan fingerprint density at radius 2 is 1.59 bits per heavy atom. The van der Waals surface area contributed by atoms with Gasteiger partial charge in [-0.1, -0.05) is 5.21 Å². The lowest BCUT2D eigenvalue weighted by molar-refractivity contribution is -0.154. The number of hydrogen-bond donors (Lipinski definition) is 2. The van der Waals surface area contributed by atoms with Crippen LogP contribution in [-0.2, 0) is 28.6 Å². The van der Waals surface area contributed by atoms with E-state index in [1.165, 1.54) is 36.7 Å². The van der Waals surface area contributed by atoms with Crippen LogP contribution in [0.2, 0.25) is 0 Å². The number of amides is 1. The van der Waals surface area contributed by atoms with Gasteiger partial charge in [0.25, 0.3) is 5.92 Å². The molecule has 11 nitrogen and oxygen atoms in total. The number of rotatable bonds is 9. The molecule has 1 spiro atoms. The molecule has 2 aliphatic heterocycles. The minimum Gasteiger partial charge on any atom is -0.465 e. The molecular weight excluding hydrogens is 703 g/mol. The van der Waals surface area contributed by atoms with Crippen molar-refractivity contribution in [2.24, 2.45) is 5.41 Å². The maximum Gasteiger partial charge on any atom is 0.303 e. The van der Waals surface area contributed by atoms with Crippen LogP contribution < -0.4 is 0 Å². The van der Waals surface area contributed by atoms with Crippen molar-refractivity contribution in [3.05, 3.63) is 35.8 Å². The fourth-order valence-corrected chi connectivity index (χ4v) is 11.8. The lowest BCUT2D eigenvalue weighted by Gasteiger charge is -2.54. The standard InChI is InChI=1S/C34H43F5N4O7S/c1-19(44)49-17-26-29(50-20(2)45)28(43-16-24(40-41-43)21-14-22(35)27(37)23(36)15-21)25(48-3)18-51(26)30(31(46)42-12-10-34(38,39)11-13-42)33(47)8-6-32(4-5-32)7-9-33/h14-16,25-26,28-30,47,51H,4-13,17-18H2,1-3H3/t25-,26+,28-,29-,30?/m0/s1. The van der Waals surface area contributed by atoms with Crippen LogP contribution in [0.1, 0.15) is 71.3 Å². The normalized spacial score (nSPS) is 29.3. The molecule has 1 aromatic heterocycles. The third-order valence-corrected chi connectivity index (χ3v) is 14.5. The molecule has 51 heavy (non-hydrogen) atoms. The topological polar surface area (TPSA) is 133 Å².